The van der Waals surface area contributed by atoms with Crippen LogP contribution in [0.3, 0.4) is 0 Å². The molecule has 0 fully saturated rings. The van der Waals surface area contributed by atoms with Crippen molar-refractivity contribution >= 4 is 38.5 Å². The van der Waals surface area contributed by atoms with Crippen molar-refractivity contribution in [3.8, 4) is 0 Å². The molecule has 6 heavy (non-hydrogen) atoms. The van der Waals surface area contributed by atoms with Gasteiger partial charge in [0.2, 0.25) is 0 Å². The fourth-order valence-electron chi connectivity index (χ4n) is 0.0690. The zero-order chi connectivity index (χ0) is 4.99. The molecule has 0 saturated heterocycles. The Morgan fingerprint density at radius 3 is 2.50 bits per heavy atom. The van der Waals surface area contributed by atoms with Gasteiger partial charge >= 0.3 is 51.5 Å². The third-order valence-electron chi connectivity index (χ3n) is 0.189. The van der Waals surface area contributed by atoms with E-state index in [2.05, 4.69) is 28.3 Å². The minimum atomic E-state index is -0.995. The molecule has 0 radical (unpaired) electrons. The third kappa shape index (κ3) is 5.06. The Kier molecular flexibility index (Phi) is 4.98. The average molecular weight is 219 g/mol. The zero-order valence-corrected chi connectivity index (χ0v) is 6.79. The monoisotopic (exact) mass is 219 g/mol. The summed E-state index contributed by atoms with van der Waals surface area (Å²) in [5.41, 5.74) is 2.08. The first-order valence-corrected chi connectivity index (χ1v) is 6.98. The molecule has 0 aromatic carbocycles. The Balaban J connectivity index is 2.63. The van der Waals surface area contributed by atoms with Crippen LogP contribution in [-0.4, -0.2) is 10.6 Å². The third-order valence-corrected chi connectivity index (χ3v) is 1.73. The number of hydrogen-bond acceptors (Lipinski definition) is 3. The van der Waals surface area contributed by atoms with Crippen LogP contribution in [0.5, 0.6) is 0 Å². The Morgan fingerprint density at radius 1 is 2.00 bits per heavy atom. The van der Waals surface area contributed by atoms with E-state index in [-0.39, 0.29) is 0 Å². The number of nitrogens with one attached hydrogen (secondary N) is 1. The maximum absolute atomic E-state index is 4.81. The summed E-state index contributed by atoms with van der Waals surface area (Å²) in [4.78, 5) is 4.41. The number of alkyl halides is 1. The fraction of sp³-hybridized carbons (Fsp3) is 1.00. The summed E-state index contributed by atoms with van der Waals surface area (Å²) in [6.07, 6.45) is 0. The van der Waals surface area contributed by atoms with Crippen molar-refractivity contribution in [1.29, 1.82) is 0 Å². The van der Waals surface area contributed by atoms with Crippen molar-refractivity contribution in [3.63, 3.8) is 0 Å². The molecule has 0 atom stereocenters. The molecule has 0 bridgehead atoms. The number of rotatable bonds is 2. The number of hydrogen-bond donors (Lipinski definition) is 2. The van der Waals surface area contributed by atoms with Crippen LogP contribution >= 0.6 is 32.8 Å². The van der Waals surface area contributed by atoms with E-state index in [1.165, 1.54) is 0 Å². The van der Waals surface area contributed by atoms with Gasteiger partial charge in [-0.05, 0) is 0 Å². The van der Waals surface area contributed by atoms with Gasteiger partial charge < -0.3 is 0 Å². The van der Waals surface area contributed by atoms with Gasteiger partial charge in [0.25, 0.3) is 0 Å². The van der Waals surface area contributed by atoms with Crippen LogP contribution in [0.25, 0.3) is 0 Å². The van der Waals surface area contributed by atoms with E-state index in [0.29, 0.717) is 0 Å². The molecule has 0 spiro atoms. The Labute approximate surface area is 51.6 Å². The van der Waals surface area contributed by atoms with Crippen molar-refractivity contribution in [3.05, 3.63) is 0 Å². The van der Waals surface area contributed by atoms with Gasteiger partial charge in [-0.15, -0.1) is 0 Å². The second kappa shape index (κ2) is 4.23. The van der Waals surface area contributed by atoms with E-state index in [0.717, 1.165) is 0 Å². The molecular weight excluding hydrogens is 212 g/mol. The van der Waals surface area contributed by atoms with E-state index >= 15 is 0 Å². The summed E-state index contributed by atoms with van der Waals surface area (Å²) in [5, 5.41) is 0. The molecule has 0 aliphatic heterocycles. The van der Waals surface area contributed by atoms with E-state index in [1.807, 2.05) is 0 Å². The molecule has 0 aliphatic carbocycles. The first kappa shape index (κ1) is 7.06. The van der Waals surface area contributed by atoms with Crippen molar-refractivity contribution in [1.82, 2.24) is 4.89 Å². The van der Waals surface area contributed by atoms with Gasteiger partial charge in [0.1, 0.15) is 0 Å². The Hall–Kier alpha value is 1.06. The molecule has 38 valence electrons. The van der Waals surface area contributed by atoms with Crippen LogP contribution < -0.4 is 4.89 Å². The summed E-state index contributed by atoms with van der Waals surface area (Å²) in [7, 11) is 0. The molecule has 0 unspecified atom stereocenters. The summed E-state index contributed by atoms with van der Waals surface area (Å²) in [6, 6.07) is 0. The van der Waals surface area contributed by atoms with Crippen LogP contribution in [0.1, 0.15) is 0 Å². The minimum absolute atomic E-state index is 0.995. The Morgan fingerprint density at radius 2 is 2.50 bits per heavy atom. The first-order chi connectivity index (χ1) is 2.77. The summed E-state index contributed by atoms with van der Waals surface area (Å²) < 4.78 is 4.81. The van der Waals surface area contributed by atoms with Crippen LogP contribution in [0.4, 0.5) is 0 Å². The number of thiol groups is 1. The van der Waals surface area contributed by atoms with Crippen LogP contribution in [-0.2, 0) is 3.17 Å². The molecule has 0 aromatic heterocycles. The fourth-order valence-corrected chi connectivity index (χ4v) is 1.39. The SMILES string of the molecule is BI(C)ONS. The predicted octanol–water partition coefficient (Wildman–Crippen LogP) is -0.0483. The first-order valence-electron chi connectivity index (χ1n) is 1.34. The molecule has 0 amide bonds. The Bertz CT molecular complexity index is 36.7. The second-order valence-corrected chi connectivity index (χ2v) is 5.40. The quantitative estimate of drug-likeness (QED) is 0.223. The molecule has 0 aromatic rings. The molecule has 0 heterocycles. The standard InChI is InChI=1S/CH7BINOS/c1-3(2)5-4-6/h4,6H,2H2,1H3. The van der Waals surface area contributed by atoms with Crippen molar-refractivity contribution in [2.45, 2.75) is 0 Å². The second-order valence-electron chi connectivity index (χ2n) is 0.855. The van der Waals surface area contributed by atoms with Gasteiger partial charge in [0.05, 0.1) is 0 Å². The van der Waals surface area contributed by atoms with Gasteiger partial charge in [-0.2, -0.15) is 0 Å². The summed E-state index contributed by atoms with van der Waals surface area (Å²) in [5.74, 6) is 0. The topological polar surface area (TPSA) is 21.3 Å². The van der Waals surface area contributed by atoms with E-state index < -0.39 is 20.0 Å². The zero-order valence-electron chi connectivity index (χ0n) is 3.73. The molecule has 0 aliphatic rings. The van der Waals surface area contributed by atoms with E-state index in [4.69, 9.17) is 3.17 Å². The van der Waals surface area contributed by atoms with Crippen molar-refractivity contribution in [2.24, 2.45) is 0 Å². The molecule has 2 nitrogen and oxygen atoms in total. The molecule has 1 N–H and O–H groups in total. The van der Waals surface area contributed by atoms with Crippen LogP contribution in [0.15, 0.2) is 0 Å². The molecule has 0 rings (SSSR count). The van der Waals surface area contributed by atoms with Gasteiger partial charge in [-0.1, -0.05) is 0 Å². The molecule has 5 heteroatoms. The van der Waals surface area contributed by atoms with Gasteiger partial charge in [0.15, 0.2) is 0 Å². The summed E-state index contributed by atoms with van der Waals surface area (Å²) in [6.45, 7) is 0. The van der Waals surface area contributed by atoms with Crippen molar-refractivity contribution < 1.29 is 3.17 Å². The average Bonchev–Trinajstić information content (AvgIpc) is 1.35. The summed E-state index contributed by atoms with van der Waals surface area (Å²) >= 11 is 2.63. The predicted molar refractivity (Wildman–Crippen MR) is 41.7 cm³/mol. The van der Waals surface area contributed by atoms with E-state index in [9.17, 15) is 0 Å². The number of halogens is 1. The molecule has 0 saturated carbocycles. The van der Waals surface area contributed by atoms with E-state index in [1.54, 1.807) is 0 Å². The van der Waals surface area contributed by atoms with Gasteiger partial charge in [-0.3, -0.25) is 0 Å². The van der Waals surface area contributed by atoms with Gasteiger partial charge in [-0.25, -0.2) is 0 Å². The van der Waals surface area contributed by atoms with Gasteiger partial charge in [0, 0.05) is 0 Å². The van der Waals surface area contributed by atoms with Crippen LogP contribution in [0.2, 0.25) is 0 Å². The maximum atomic E-state index is 4.81. The van der Waals surface area contributed by atoms with Crippen molar-refractivity contribution in [2.75, 3.05) is 4.93 Å². The normalized spacial score (nSPS) is 11.3. The van der Waals surface area contributed by atoms with Crippen LogP contribution in [0, 0.1) is 0 Å². The molecular formula is CH7BINOS.